The molecule has 0 atom stereocenters. The zero-order chi connectivity index (χ0) is 23.5. The zero-order valence-electron chi connectivity index (χ0n) is 19.7. The molecule has 1 saturated heterocycles. The van der Waals surface area contributed by atoms with E-state index in [1.54, 1.807) is 26.4 Å². The Balaban J connectivity index is 1.38. The largest absolute Gasteiger partial charge is 0.497 e. The minimum absolute atomic E-state index is 0.409. The van der Waals surface area contributed by atoms with Crippen molar-refractivity contribution in [1.82, 2.24) is 9.80 Å². The molecule has 0 spiro atoms. The van der Waals surface area contributed by atoms with Crippen LogP contribution in [0.25, 0.3) is 22.1 Å². The van der Waals surface area contributed by atoms with Crippen molar-refractivity contribution in [3.63, 3.8) is 0 Å². The van der Waals surface area contributed by atoms with Gasteiger partial charge in [-0.1, -0.05) is 0 Å². The first-order chi connectivity index (χ1) is 16.7. The molecule has 2 aromatic carbocycles. The van der Waals surface area contributed by atoms with Crippen molar-refractivity contribution in [3.8, 4) is 28.4 Å². The number of nitrogens with zero attached hydrogens (tertiary/aromatic N) is 2. The van der Waals surface area contributed by atoms with Crippen LogP contribution in [0.5, 0.6) is 17.2 Å². The third-order valence-corrected chi connectivity index (χ3v) is 6.50. The molecule has 2 aliphatic rings. The topological polar surface area (TPSA) is 73.6 Å². The van der Waals surface area contributed by atoms with Crippen LogP contribution in [0.1, 0.15) is 12.0 Å². The van der Waals surface area contributed by atoms with Gasteiger partial charge in [-0.05, 0) is 43.3 Å². The van der Waals surface area contributed by atoms with Gasteiger partial charge < -0.3 is 23.4 Å². The van der Waals surface area contributed by atoms with Gasteiger partial charge in [0.05, 0.1) is 38.6 Å². The summed E-state index contributed by atoms with van der Waals surface area (Å²) in [6.07, 6.45) is 1.05. The van der Waals surface area contributed by atoms with E-state index in [9.17, 15) is 4.79 Å². The second-order valence-corrected chi connectivity index (χ2v) is 8.61. The van der Waals surface area contributed by atoms with Gasteiger partial charge in [-0.15, -0.1) is 0 Å². The van der Waals surface area contributed by atoms with Crippen LogP contribution in [0.4, 0.5) is 0 Å². The van der Waals surface area contributed by atoms with Gasteiger partial charge in [-0.2, -0.15) is 0 Å². The second kappa shape index (κ2) is 10.0. The molecule has 34 heavy (non-hydrogen) atoms. The normalized spacial score (nSPS) is 16.8. The molecule has 2 aliphatic heterocycles. The van der Waals surface area contributed by atoms with Gasteiger partial charge >= 0.3 is 5.63 Å². The van der Waals surface area contributed by atoms with Crippen LogP contribution in [-0.2, 0) is 11.3 Å². The monoisotopic (exact) mass is 466 g/mol. The maximum absolute atomic E-state index is 13.0. The highest BCUT2D eigenvalue weighted by Crippen LogP contribution is 2.36. The number of benzene rings is 2. The van der Waals surface area contributed by atoms with Crippen LogP contribution >= 0.6 is 0 Å². The Morgan fingerprint density at radius 1 is 0.941 bits per heavy atom. The summed E-state index contributed by atoms with van der Waals surface area (Å²) in [6.45, 7) is 6.80. The number of hydrogen-bond acceptors (Lipinski definition) is 8. The van der Waals surface area contributed by atoms with Crippen molar-refractivity contribution in [2.24, 2.45) is 0 Å². The lowest BCUT2D eigenvalue weighted by Crippen LogP contribution is -2.39. The molecule has 1 aromatic heterocycles. The third kappa shape index (κ3) is 4.61. The molecule has 180 valence electrons. The highest BCUT2D eigenvalue weighted by Gasteiger charge is 2.23. The number of morpholine rings is 1. The van der Waals surface area contributed by atoms with E-state index < -0.39 is 5.63 Å². The lowest BCUT2D eigenvalue weighted by molar-refractivity contribution is 0.0330. The van der Waals surface area contributed by atoms with Gasteiger partial charge in [-0.25, -0.2) is 4.79 Å². The lowest BCUT2D eigenvalue weighted by Gasteiger charge is -2.31. The molecule has 0 amide bonds. The van der Waals surface area contributed by atoms with E-state index >= 15 is 0 Å². The molecule has 3 heterocycles. The van der Waals surface area contributed by atoms with Gasteiger partial charge in [-0.3, -0.25) is 9.80 Å². The Kier molecular flexibility index (Phi) is 6.71. The molecule has 0 saturated carbocycles. The van der Waals surface area contributed by atoms with E-state index in [1.807, 2.05) is 24.3 Å². The van der Waals surface area contributed by atoms with Gasteiger partial charge in [0, 0.05) is 43.2 Å². The third-order valence-electron chi connectivity index (χ3n) is 6.50. The Morgan fingerprint density at radius 3 is 2.56 bits per heavy atom. The van der Waals surface area contributed by atoms with Gasteiger partial charge in [0.2, 0.25) is 0 Å². The molecule has 8 heteroatoms. The smallest absolute Gasteiger partial charge is 0.344 e. The molecule has 0 bridgehead atoms. The predicted octanol–water partition coefficient (Wildman–Crippen LogP) is 3.35. The SMILES string of the molecule is COc1ccc(-c2cc3ccc4c(c3oc2=O)CN(CCCN2CCOCC2)CO4)c(OC)c1. The molecule has 3 aromatic rings. The number of hydrogen-bond donors (Lipinski definition) is 0. The molecule has 0 N–H and O–H groups in total. The summed E-state index contributed by atoms with van der Waals surface area (Å²) < 4.78 is 28.1. The highest BCUT2D eigenvalue weighted by atomic mass is 16.5. The summed E-state index contributed by atoms with van der Waals surface area (Å²) in [7, 11) is 3.16. The molecule has 8 nitrogen and oxygen atoms in total. The number of rotatable bonds is 7. The fourth-order valence-corrected chi connectivity index (χ4v) is 4.63. The van der Waals surface area contributed by atoms with Crippen LogP contribution in [0, 0.1) is 0 Å². The van der Waals surface area contributed by atoms with Gasteiger partial charge in [0.15, 0.2) is 0 Å². The van der Waals surface area contributed by atoms with E-state index in [1.165, 1.54) is 0 Å². The average molecular weight is 467 g/mol. The van der Waals surface area contributed by atoms with Crippen LogP contribution in [-0.4, -0.2) is 70.1 Å². The van der Waals surface area contributed by atoms with Crippen molar-refractivity contribution >= 4 is 11.0 Å². The summed E-state index contributed by atoms with van der Waals surface area (Å²) in [6, 6.07) is 11.1. The Morgan fingerprint density at radius 2 is 1.76 bits per heavy atom. The first kappa shape index (κ1) is 22.7. The minimum atomic E-state index is -0.409. The highest BCUT2D eigenvalue weighted by molar-refractivity contribution is 5.87. The first-order valence-electron chi connectivity index (χ1n) is 11.6. The lowest BCUT2D eigenvalue weighted by atomic mass is 10.0. The molecule has 0 aliphatic carbocycles. The van der Waals surface area contributed by atoms with Crippen molar-refractivity contribution in [1.29, 1.82) is 0 Å². The van der Waals surface area contributed by atoms with E-state index in [0.717, 1.165) is 62.5 Å². The standard InChI is InChI=1S/C26H30N2O6/c1-30-19-5-6-20(24(15-19)31-2)21-14-18-4-7-23-22(25(18)34-26(21)29)16-28(17-33-23)9-3-8-27-10-12-32-13-11-27/h4-7,14-15H,3,8-13,16-17H2,1-2H3. The molecule has 0 unspecified atom stereocenters. The fourth-order valence-electron chi connectivity index (χ4n) is 4.63. The molecular weight excluding hydrogens is 436 g/mol. The van der Waals surface area contributed by atoms with Crippen molar-refractivity contribution in [2.75, 3.05) is 60.3 Å². The van der Waals surface area contributed by atoms with Crippen molar-refractivity contribution < 1.29 is 23.4 Å². The summed E-state index contributed by atoms with van der Waals surface area (Å²) in [5.74, 6) is 1.99. The maximum atomic E-state index is 13.0. The van der Waals surface area contributed by atoms with E-state index in [2.05, 4.69) is 9.80 Å². The van der Waals surface area contributed by atoms with E-state index in [-0.39, 0.29) is 0 Å². The average Bonchev–Trinajstić information content (AvgIpc) is 2.88. The minimum Gasteiger partial charge on any atom is -0.497 e. The number of ether oxygens (including phenoxy) is 4. The molecule has 1 fully saturated rings. The van der Waals surface area contributed by atoms with Gasteiger partial charge in [0.25, 0.3) is 0 Å². The maximum Gasteiger partial charge on any atom is 0.344 e. The van der Waals surface area contributed by atoms with Crippen LogP contribution < -0.4 is 19.8 Å². The number of fused-ring (bicyclic) bond motifs is 3. The van der Waals surface area contributed by atoms with Crippen molar-refractivity contribution in [3.05, 3.63) is 52.4 Å². The zero-order valence-corrected chi connectivity index (χ0v) is 19.7. The second-order valence-electron chi connectivity index (χ2n) is 8.61. The van der Waals surface area contributed by atoms with Crippen molar-refractivity contribution in [2.45, 2.75) is 13.0 Å². The molecule has 5 rings (SSSR count). The molecule has 0 radical (unpaired) electrons. The quantitative estimate of drug-likeness (QED) is 0.491. The first-order valence-corrected chi connectivity index (χ1v) is 11.6. The Hall–Kier alpha value is -3.07. The predicted molar refractivity (Wildman–Crippen MR) is 129 cm³/mol. The van der Waals surface area contributed by atoms with E-state index in [4.69, 9.17) is 23.4 Å². The summed E-state index contributed by atoms with van der Waals surface area (Å²) in [5.41, 5.74) is 2.20. The van der Waals surface area contributed by atoms with Crippen LogP contribution in [0.3, 0.4) is 0 Å². The summed E-state index contributed by atoms with van der Waals surface area (Å²) in [5, 5.41) is 0.852. The van der Waals surface area contributed by atoms with Crippen LogP contribution in [0.15, 0.2) is 45.6 Å². The fraction of sp³-hybridized carbons (Fsp3) is 0.423. The molecular formula is C26H30N2O6. The Labute approximate surface area is 198 Å². The van der Waals surface area contributed by atoms with Gasteiger partial charge in [0.1, 0.15) is 29.6 Å². The van der Waals surface area contributed by atoms with Crippen LogP contribution in [0.2, 0.25) is 0 Å². The number of methoxy groups -OCH3 is 2. The van der Waals surface area contributed by atoms with E-state index in [0.29, 0.717) is 41.5 Å². The summed E-state index contributed by atoms with van der Waals surface area (Å²) in [4.78, 5) is 17.7. The summed E-state index contributed by atoms with van der Waals surface area (Å²) >= 11 is 0. The Bertz CT molecular complexity index is 1220.